The Bertz CT molecular complexity index is 691. The van der Waals surface area contributed by atoms with E-state index in [1.54, 1.807) is 6.07 Å². The summed E-state index contributed by atoms with van der Waals surface area (Å²) < 4.78 is 4.69. The highest BCUT2D eigenvalue weighted by molar-refractivity contribution is 6.49. The number of hydrogen-bond acceptors (Lipinski definition) is 5. The maximum absolute atomic E-state index is 12.4. The van der Waals surface area contributed by atoms with Crippen molar-refractivity contribution in [2.45, 2.75) is 0 Å². The number of rotatable bonds is 5. The number of benzene rings is 1. The Balaban J connectivity index is 2.39. The van der Waals surface area contributed by atoms with Crippen molar-refractivity contribution in [3.05, 3.63) is 38.5 Å². The minimum atomic E-state index is -0.641. The Kier molecular flexibility index (Phi) is 5.75. The molecule has 0 radical (unpaired) electrons. The van der Waals surface area contributed by atoms with E-state index in [2.05, 4.69) is 5.32 Å². The third-order valence-electron chi connectivity index (χ3n) is 3.25. The number of carbonyl (C=O) groups excluding carboxylic acids is 2. The van der Waals surface area contributed by atoms with Crippen LogP contribution in [-0.2, 0) is 14.3 Å². The molecule has 1 aliphatic heterocycles. The standard InChI is InChI=1S/C14H13Cl3N2O4/c1-23-14(22)7-6-19(4-5-20)13(21)12(7)18-9-3-2-8(15)10(16)11(9)17/h2-3,18,20H,4-6H2,1H3. The number of hydrogen-bond donors (Lipinski definition) is 2. The molecule has 0 bridgehead atoms. The zero-order valence-electron chi connectivity index (χ0n) is 12.0. The van der Waals surface area contributed by atoms with Gasteiger partial charge in [-0.1, -0.05) is 34.8 Å². The van der Waals surface area contributed by atoms with E-state index in [0.717, 1.165) is 0 Å². The van der Waals surface area contributed by atoms with E-state index in [1.165, 1.54) is 18.1 Å². The number of esters is 1. The first-order chi connectivity index (χ1) is 10.9. The zero-order valence-corrected chi connectivity index (χ0v) is 14.3. The Hall–Kier alpha value is -1.47. The predicted octanol–water partition coefficient (Wildman–Crippen LogP) is 2.32. The van der Waals surface area contributed by atoms with E-state index in [9.17, 15) is 9.59 Å². The van der Waals surface area contributed by atoms with Crippen molar-refractivity contribution in [3.8, 4) is 0 Å². The first kappa shape index (κ1) is 17.9. The molecule has 0 saturated carbocycles. The number of amides is 1. The van der Waals surface area contributed by atoms with Gasteiger partial charge in [0.1, 0.15) is 5.70 Å². The molecule has 2 rings (SSSR count). The number of nitrogens with zero attached hydrogens (tertiary/aromatic N) is 1. The highest BCUT2D eigenvalue weighted by Gasteiger charge is 2.34. The molecule has 1 aromatic rings. The monoisotopic (exact) mass is 378 g/mol. The van der Waals surface area contributed by atoms with Gasteiger partial charge in [-0.05, 0) is 12.1 Å². The van der Waals surface area contributed by atoms with E-state index >= 15 is 0 Å². The number of ether oxygens (including phenoxy) is 1. The largest absolute Gasteiger partial charge is 0.466 e. The van der Waals surface area contributed by atoms with Crippen molar-refractivity contribution >= 4 is 52.4 Å². The third-order valence-corrected chi connectivity index (χ3v) is 4.54. The van der Waals surface area contributed by atoms with Gasteiger partial charge in [0.2, 0.25) is 0 Å². The van der Waals surface area contributed by atoms with E-state index in [4.69, 9.17) is 44.6 Å². The Morgan fingerprint density at radius 1 is 1.35 bits per heavy atom. The smallest absolute Gasteiger partial charge is 0.337 e. The van der Waals surface area contributed by atoms with Crippen LogP contribution >= 0.6 is 34.8 Å². The number of carbonyl (C=O) groups is 2. The summed E-state index contributed by atoms with van der Waals surface area (Å²) >= 11 is 17.9. The topological polar surface area (TPSA) is 78.9 Å². The number of methoxy groups -OCH3 is 1. The van der Waals surface area contributed by atoms with Crippen LogP contribution in [0.4, 0.5) is 5.69 Å². The van der Waals surface area contributed by atoms with Gasteiger partial charge in [0.05, 0.1) is 46.6 Å². The highest BCUT2D eigenvalue weighted by atomic mass is 35.5. The molecule has 1 amide bonds. The first-order valence-electron chi connectivity index (χ1n) is 6.52. The lowest BCUT2D eigenvalue weighted by atomic mass is 10.2. The normalized spacial score (nSPS) is 14.5. The van der Waals surface area contributed by atoms with Crippen molar-refractivity contribution in [1.82, 2.24) is 4.90 Å². The van der Waals surface area contributed by atoms with Crippen molar-refractivity contribution in [3.63, 3.8) is 0 Å². The molecule has 0 spiro atoms. The zero-order chi connectivity index (χ0) is 17.1. The van der Waals surface area contributed by atoms with Crippen LogP contribution in [0.25, 0.3) is 0 Å². The molecule has 0 atom stereocenters. The Morgan fingerprint density at radius 2 is 2.04 bits per heavy atom. The van der Waals surface area contributed by atoms with E-state index < -0.39 is 11.9 Å². The number of aliphatic hydroxyl groups is 1. The minimum absolute atomic E-state index is 0.0330. The number of β-amino-alcohol motifs (C(OH)–C–C–N with tert-alkyl or cyclic N) is 1. The van der Waals surface area contributed by atoms with Crippen LogP contribution in [0.15, 0.2) is 23.4 Å². The van der Waals surface area contributed by atoms with Crippen LogP contribution in [0, 0.1) is 0 Å². The molecule has 6 nitrogen and oxygen atoms in total. The van der Waals surface area contributed by atoms with Gasteiger partial charge in [0.15, 0.2) is 0 Å². The number of halogens is 3. The van der Waals surface area contributed by atoms with Gasteiger partial charge in [-0.3, -0.25) is 4.79 Å². The average molecular weight is 380 g/mol. The molecular formula is C14H13Cl3N2O4. The second-order valence-corrected chi connectivity index (χ2v) is 5.81. The second kappa shape index (κ2) is 7.40. The molecule has 124 valence electrons. The van der Waals surface area contributed by atoms with Gasteiger partial charge in [0.25, 0.3) is 5.91 Å². The lowest BCUT2D eigenvalue weighted by Crippen LogP contribution is -2.31. The number of aliphatic hydroxyl groups excluding tert-OH is 1. The summed E-state index contributed by atoms with van der Waals surface area (Å²) in [7, 11) is 1.22. The molecular weight excluding hydrogens is 367 g/mol. The number of nitrogens with one attached hydrogen (secondary N) is 1. The number of anilines is 1. The highest BCUT2D eigenvalue weighted by Crippen LogP contribution is 2.37. The lowest BCUT2D eigenvalue weighted by molar-refractivity contribution is -0.136. The van der Waals surface area contributed by atoms with E-state index in [0.29, 0.717) is 5.69 Å². The Labute approximate surface area is 147 Å². The summed E-state index contributed by atoms with van der Waals surface area (Å²) in [5.74, 6) is -1.08. The fourth-order valence-corrected chi connectivity index (χ4v) is 2.69. The average Bonchev–Trinajstić information content (AvgIpc) is 2.84. The van der Waals surface area contributed by atoms with Gasteiger partial charge < -0.3 is 20.1 Å². The lowest BCUT2D eigenvalue weighted by Gasteiger charge is -2.15. The molecule has 1 aromatic carbocycles. The summed E-state index contributed by atoms with van der Waals surface area (Å²) in [6.45, 7) is -0.0893. The summed E-state index contributed by atoms with van der Waals surface area (Å²) in [6.07, 6.45) is 0. The van der Waals surface area contributed by atoms with Gasteiger partial charge in [-0.25, -0.2) is 4.79 Å². The molecule has 23 heavy (non-hydrogen) atoms. The second-order valence-electron chi connectivity index (χ2n) is 4.64. The molecule has 0 aliphatic carbocycles. The SMILES string of the molecule is COC(=O)C1=C(Nc2ccc(Cl)c(Cl)c2Cl)C(=O)N(CCO)C1. The Morgan fingerprint density at radius 3 is 2.65 bits per heavy atom. The van der Waals surface area contributed by atoms with Crippen LogP contribution in [0.3, 0.4) is 0 Å². The molecule has 1 heterocycles. The quantitative estimate of drug-likeness (QED) is 0.606. The summed E-state index contributed by atoms with van der Waals surface area (Å²) in [5, 5.41) is 12.4. The van der Waals surface area contributed by atoms with Gasteiger partial charge in [-0.15, -0.1) is 0 Å². The van der Waals surface area contributed by atoms with Crippen LogP contribution in [0.2, 0.25) is 15.1 Å². The third kappa shape index (κ3) is 3.55. The van der Waals surface area contributed by atoms with Crippen molar-refractivity contribution < 1.29 is 19.4 Å². The van der Waals surface area contributed by atoms with Crippen LogP contribution < -0.4 is 5.32 Å². The summed E-state index contributed by atoms with van der Waals surface area (Å²) in [6, 6.07) is 3.06. The predicted molar refractivity (Wildman–Crippen MR) is 87.8 cm³/mol. The molecule has 1 aliphatic rings. The summed E-state index contributed by atoms with van der Waals surface area (Å²) in [4.78, 5) is 25.6. The fourth-order valence-electron chi connectivity index (χ4n) is 2.11. The van der Waals surface area contributed by atoms with Crippen molar-refractivity contribution in [2.24, 2.45) is 0 Å². The van der Waals surface area contributed by atoms with E-state index in [1.807, 2.05) is 0 Å². The van der Waals surface area contributed by atoms with Gasteiger partial charge >= 0.3 is 5.97 Å². The van der Waals surface area contributed by atoms with Crippen LogP contribution in [0.1, 0.15) is 0 Å². The first-order valence-corrected chi connectivity index (χ1v) is 7.66. The van der Waals surface area contributed by atoms with E-state index in [-0.39, 0.29) is 46.0 Å². The molecule has 9 heteroatoms. The van der Waals surface area contributed by atoms with Gasteiger partial charge in [0, 0.05) is 6.54 Å². The van der Waals surface area contributed by atoms with Crippen LogP contribution in [0.5, 0.6) is 0 Å². The fraction of sp³-hybridized carbons (Fsp3) is 0.286. The molecule has 0 unspecified atom stereocenters. The maximum Gasteiger partial charge on any atom is 0.337 e. The maximum atomic E-state index is 12.4. The minimum Gasteiger partial charge on any atom is -0.466 e. The van der Waals surface area contributed by atoms with Gasteiger partial charge in [-0.2, -0.15) is 0 Å². The van der Waals surface area contributed by atoms with Crippen molar-refractivity contribution in [1.29, 1.82) is 0 Å². The summed E-state index contributed by atoms with van der Waals surface area (Å²) in [5.41, 5.74) is 0.510. The molecule has 0 fully saturated rings. The van der Waals surface area contributed by atoms with Crippen LogP contribution in [-0.4, -0.2) is 48.7 Å². The molecule has 2 N–H and O–H groups in total. The molecule has 0 aromatic heterocycles. The molecule has 0 saturated heterocycles. The van der Waals surface area contributed by atoms with Crippen molar-refractivity contribution in [2.75, 3.05) is 32.1 Å².